The molecule has 5 aromatic heterocycles. The summed E-state index contributed by atoms with van der Waals surface area (Å²) in [5.41, 5.74) is 14.1. The highest BCUT2D eigenvalue weighted by Gasteiger charge is 2.35. The van der Waals surface area contributed by atoms with Gasteiger partial charge in [-0.25, -0.2) is 0 Å². The van der Waals surface area contributed by atoms with Gasteiger partial charge in [0.1, 0.15) is 12.1 Å². The first-order valence-corrected chi connectivity index (χ1v) is 25.2. The Morgan fingerprint density at radius 2 is 0.507 bits per heavy atom. The molecule has 0 spiro atoms. The highest BCUT2D eigenvalue weighted by Crippen LogP contribution is 2.50. The number of aromatic nitrogens is 5. The zero-order chi connectivity index (χ0) is 49.5. The Bertz CT molecular complexity index is 5060. The molecule has 7 nitrogen and oxygen atoms in total. The van der Waals surface area contributed by atoms with Crippen LogP contribution in [0.4, 0.5) is 0 Å². The van der Waals surface area contributed by atoms with E-state index < -0.39 is 0 Å². The van der Waals surface area contributed by atoms with E-state index in [1.54, 1.807) is 0 Å². The molecule has 0 aliphatic carbocycles. The minimum absolute atomic E-state index is 0.269. The quantitative estimate of drug-likeness (QED) is 0.172. The first-order valence-electron chi connectivity index (χ1n) is 25.2. The van der Waals surface area contributed by atoms with Gasteiger partial charge in [0.25, 0.3) is 0 Å². The number of hydrogen-bond acceptors (Lipinski definition) is 2. The molecule has 5 heterocycles. The highest BCUT2D eigenvalue weighted by molar-refractivity contribution is 6.27. The van der Waals surface area contributed by atoms with Gasteiger partial charge >= 0.3 is 0 Å². The van der Waals surface area contributed by atoms with Crippen molar-refractivity contribution < 1.29 is 0 Å². The van der Waals surface area contributed by atoms with Crippen LogP contribution in [0.1, 0.15) is 11.1 Å². The van der Waals surface area contributed by atoms with E-state index in [4.69, 9.17) is 0 Å². The summed E-state index contributed by atoms with van der Waals surface area (Å²) in [5, 5.41) is 35.3. The van der Waals surface area contributed by atoms with Gasteiger partial charge in [0, 0.05) is 59.5 Å². The molecule has 0 bridgehead atoms. The topological polar surface area (TPSA) is 72.2 Å². The maximum Gasteiger partial charge on any atom is 0.103 e. The van der Waals surface area contributed by atoms with Gasteiger partial charge in [0.2, 0.25) is 0 Å². The van der Waals surface area contributed by atoms with Gasteiger partial charge in [-0.1, -0.05) is 170 Å². The van der Waals surface area contributed by atoms with Crippen LogP contribution in [0.2, 0.25) is 0 Å². The van der Waals surface area contributed by atoms with Crippen molar-refractivity contribution in [3.8, 4) is 40.6 Å². The number of nitrogens with zero attached hydrogens (tertiary/aromatic N) is 7. The van der Waals surface area contributed by atoms with E-state index in [-0.39, 0.29) is 11.1 Å². The lowest BCUT2D eigenvalue weighted by atomic mass is 9.98. The molecule has 0 N–H and O–H groups in total. The van der Waals surface area contributed by atoms with Crippen LogP contribution >= 0.6 is 0 Å². The molecule has 11 aromatic carbocycles. The number of para-hydroxylation sites is 9. The summed E-state index contributed by atoms with van der Waals surface area (Å²) >= 11 is 0. The van der Waals surface area contributed by atoms with Gasteiger partial charge in [-0.2, -0.15) is 10.5 Å². The third-order valence-electron chi connectivity index (χ3n) is 15.7. The second kappa shape index (κ2) is 15.5. The molecule has 0 radical (unpaired) electrons. The van der Waals surface area contributed by atoms with Crippen molar-refractivity contribution in [1.29, 1.82) is 10.5 Å². The van der Waals surface area contributed by atoms with Crippen molar-refractivity contribution in [2.45, 2.75) is 0 Å². The predicted molar refractivity (Wildman–Crippen MR) is 308 cm³/mol. The van der Waals surface area contributed by atoms with Crippen LogP contribution in [0.3, 0.4) is 0 Å². The SMILES string of the molecule is N#Cc1c(C#N)c(-n2c3ccccc3c3ccccc32)c(-n2c3ccccc3c3c2ccc2c4ccccc4n(-c4ccccc4)c23)c(-n2c3ccccc3c3ccccc32)c1-n1c2ccccc2c2ccccc21. The smallest absolute Gasteiger partial charge is 0.103 e. The lowest BCUT2D eigenvalue weighted by Gasteiger charge is -2.27. The molecule has 0 saturated carbocycles. The molecule has 16 aromatic rings. The lowest BCUT2D eigenvalue weighted by Crippen LogP contribution is -2.17. The Morgan fingerprint density at radius 3 is 0.880 bits per heavy atom. The summed E-state index contributed by atoms with van der Waals surface area (Å²) in [6.07, 6.45) is 0. The zero-order valence-electron chi connectivity index (χ0n) is 40.1. The van der Waals surface area contributed by atoms with Crippen molar-refractivity contribution in [3.05, 3.63) is 248 Å². The van der Waals surface area contributed by atoms with Crippen LogP contribution < -0.4 is 0 Å². The van der Waals surface area contributed by atoms with E-state index >= 15 is 0 Å². The molecule has 75 heavy (non-hydrogen) atoms. The maximum absolute atomic E-state index is 12.3. The van der Waals surface area contributed by atoms with Crippen LogP contribution in [-0.4, -0.2) is 22.8 Å². The first-order chi connectivity index (χ1) is 37.2. The third kappa shape index (κ3) is 5.40. The molecule has 0 atom stereocenters. The Labute approximate surface area is 428 Å². The van der Waals surface area contributed by atoms with Gasteiger partial charge < -0.3 is 22.8 Å². The van der Waals surface area contributed by atoms with Crippen LogP contribution in [0, 0.1) is 22.7 Å². The molecule has 0 saturated heterocycles. The monoisotopic (exact) mass is 953 g/mol. The Kier molecular flexibility index (Phi) is 8.46. The summed E-state index contributed by atoms with van der Waals surface area (Å²) in [6, 6.07) is 89.0. The lowest BCUT2D eigenvalue weighted by molar-refractivity contribution is 1.01. The van der Waals surface area contributed by atoms with E-state index in [1.165, 1.54) is 0 Å². The largest absolute Gasteiger partial charge is 0.309 e. The van der Waals surface area contributed by atoms with Gasteiger partial charge in [-0.05, 0) is 66.7 Å². The van der Waals surface area contributed by atoms with Gasteiger partial charge in [-0.3, -0.25) is 0 Å². The summed E-state index contributed by atoms with van der Waals surface area (Å²) < 4.78 is 11.7. The van der Waals surface area contributed by atoms with E-state index in [0.29, 0.717) is 11.4 Å². The molecular formula is C68H39N7. The van der Waals surface area contributed by atoms with Gasteiger partial charge in [0.15, 0.2) is 0 Å². The molecule has 0 aliphatic heterocycles. The van der Waals surface area contributed by atoms with E-state index in [9.17, 15) is 10.5 Å². The van der Waals surface area contributed by atoms with Crippen LogP contribution in [0.5, 0.6) is 0 Å². The number of fused-ring (bicyclic) bond motifs is 16. The molecule has 0 unspecified atom stereocenters. The normalized spacial score (nSPS) is 12.0. The van der Waals surface area contributed by atoms with Crippen molar-refractivity contribution >= 4 is 109 Å². The third-order valence-corrected chi connectivity index (χ3v) is 15.7. The number of benzene rings is 11. The van der Waals surface area contributed by atoms with Crippen LogP contribution in [0.15, 0.2) is 237 Å². The van der Waals surface area contributed by atoms with E-state index in [0.717, 1.165) is 126 Å². The van der Waals surface area contributed by atoms with Crippen molar-refractivity contribution in [2.75, 3.05) is 0 Å². The summed E-state index contributed by atoms with van der Waals surface area (Å²) in [5.74, 6) is 0. The molecule has 7 heteroatoms. The number of nitriles is 2. The number of hydrogen-bond donors (Lipinski definition) is 0. The first kappa shape index (κ1) is 41.1. The Hall–Kier alpha value is -10.6. The molecule has 0 aliphatic rings. The zero-order valence-corrected chi connectivity index (χ0v) is 40.1. The number of rotatable bonds is 5. The highest BCUT2D eigenvalue weighted by atomic mass is 15.1. The van der Waals surface area contributed by atoms with Crippen LogP contribution in [0.25, 0.3) is 137 Å². The average molecular weight is 954 g/mol. The predicted octanol–water partition coefficient (Wildman–Crippen LogP) is 16.9. The van der Waals surface area contributed by atoms with Gasteiger partial charge in [-0.15, -0.1) is 0 Å². The summed E-state index contributed by atoms with van der Waals surface area (Å²) in [7, 11) is 0. The molecule has 0 fully saturated rings. The molecular weight excluding hydrogens is 915 g/mol. The Morgan fingerprint density at radius 1 is 0.227 bits per heavy atom. The van der Waals surface area contributed by atoms with E-state index in [2.05, 4.69) is 272 Å². The fraction of sp³-hybridized carbons (Fsp3) is 0. The Balaban J connectivity index is 1.25. The molecule has 16 rings (SSSR count). The minimum Gasteiger partial charge on any atom is -0.309 e. The second-order valence-electron chi connectivity index (χ2n) is 19.4. The van der Waals surface area contributed by atoms with E-state index in [1.807, 2.05) is 0 Å². The summed E-state index contributed by atoms with van der Waals surface area (Å²) in [4.78, 5) is 0. The maximum atomic E-state index is 12.3. The fourth-order valence-corrected chi connectivity index (χ4v) is 12.9. The second-order valence-corrected chi connectivity index (χ2v) is 19.4. The fourth-order valence-electron chi connectivity index (χ4n) is 12.9. The molecule has 0 amide bonds. The average Bonchev–Trinajstić information content (AvgIpc) is 4.29. The van der Waals surface area contributed by atoms with Crippen molar-refractivity contribution in [2.24, 2.45) is 0 Å². The van der Waals surface area contributed by atoms with Crippen molar-refractivity contribution in [1.82, 2.24) is 22.8 Å². The minimum atomic E-state index is 0.269. The summed E-state index contributed by atoms with van der Waals surface area (Å²) in [6.45, 7) is 0. The van der Waals surface area contributed by atoms with Crippen LogP contribution in [-0.2, 0) is 0 Å². The van der Waals surface area contributed by atoms with Gasteiger partial charge in [0.05, 0.1) is 89.0 Å². The standard InChI is InChI=1S/C68H39N7/c69-40-52-53(41-70)66(73-57-33-15-6-24-45(57)46-25-7-16-34-58(46)73)68(75-61-37-19-11-29-51(61)63-62(75)39-38-50-49-28-10-12-30-54(49)71(64(50)63)42-20-2-1-3-21-42)67(74-59-35-17-8-26-47(59)48-27-9-18-36-60(48)74)65(52)72-55-31-13-4-22-43(55)44-23-5-14-32-56(44)72/h1-39H. The van der Waals surface area contributed by atoms with Crippen molar-refractivity contribution in [3.63, 3.8) is 0 Å². The molecule has 346 valence electrons.